The van der Waals surface area contributed by atoms with Gasteiger partial charge in [0.25, 0.3) is 0 Å². The van der Waals surface area contributed by atoms with E-state index in [0.29, 0.717) is 18.2 Å². The second kappa shape index (κ2) is 35.6. The zero-order chi connectivity index (χ0) is 49.4. The van der Waals surface area contributed by atoms with Crippen LogP contribution in [0.2, 0.25) is 25.1 Å². The van der Waals surface area contributed by atoms with Crippen molar-refractivity contribution in [1.29, 1.82) is 0 Å². The molecule has 0 unspecified atom stereocenters. The summed E-state index contributed by atoms with van der Waals surface area (Å²) in [5.41, 5.74) is 11.0. The number of nitrogens with zero attached hydrogens (tertiary/aromatic N) is 2. The van der Waals surface area contributed by atoms with Crippen molar-refractivity contribution in [2.45, 2.75) is 92.9 Å². The number of rotatable bonds is 18. The highest BCUT2D eigenvalue weighted by Crippen LogP contribution is 2.19. The van der Waals surface area contributed by atoms with Crippen LogP contribution in [0.15, 0.2) is 79.1 Å². The Balaban J connectivity index is 0.000000413. The van der Waals surface area contributed by atoms with Crippen LogP contribution in [-0.4, -0.2) is 72.3 Å². The standard InChI is InChI=1S/C11H14ClNO.C11H15ClO.C10H14ClNO2.C10H14ClNO.C10H13ClO/c1-8-7-10(3-4-11(8)12)5-6-13-9(2)14;1-9-8-10(4-3-7-13-2)5-6-11(9)12;1-8-6-9(4-3-5-14-2)12(13)7-10(8)11;1-8-6-9(4-3-5-13-2)12-7-10(8)11;1-8-7-9(5-6-12-2)3-4-10(8)11/h3-4,7H,5-6H2,1-2H3,(H,13,14);5-6,8H,3-4,7H2,1-2H3;6-7H,3-5H2,1-2H3;6-7H,3-5H2,1-2H3;3-4,7H,5-6H2,1-2H3. The van der Waals surface area contributed by atoms with Crippen LogP contribution in [0.5, 0.6) is 0 Å². The summed E-state index contributed by atoms with van der Waals surface area (Å²) in [5.74, 6) is 0.00989. The van der Waals surface area contributed by atoms with E-state index in [9.17, 15) is 10.0 Å². The normalized spacial score (nSPS) is 10.3. The monoisotopic (exact) mass is 1010 g/mol. The lowest BCUT2D eigenvalue weighted by molar-refractivity contribution is -0.614. The summed E-state index contributed by atoms with van der Waals surface area (Å²) < 4.78 is 20.7. The molecule has 5 rings (SSSR count). The summed E-state index contributed by atoms with van der Waals surface area (Å²) >= 11 is 29.4. The van der Waals surface area contributed by atoms with Crippen LogP contribution in [0, 0.1) is 39.8 Å². The smallest absolute Gasteiger partial charge is 0.216 e. The van der Waals surface area contributed by atoms with Crippen molar-refractivity contribution in [2.24, 2.45) is 0 Å². The Kier molecular flexibility index (Phi) is 32.7. The quantitative estimate of drug-likeness (QED) is 0.0529. The largest absolute Gasteiger partial charge is 0.618 e. The number of nitrogens with one attached hydrogen (secondary N) is 1. The number of benzene rings is 3. The van der Waals surface area contributed by atoms with E-state index in [1.165, 1.54) is 29.8 Å². The predicted octanol–water partition coefficient (Wildman–Crippen LogP) is 12.9. The molecule has 3 aromatic carbocycles. The van der Waals surface area contributed by atoms with Gasteiger partial charge in [0.15, 0.2) is 11.9 Å². The van der Waals surface area contributed by atoms with Gasteiger partial charge in [-0.1, -0.05) is 94.4 Å². The van der Waals surface area contributed by atoms with Gasteiger partial charge in [-0.25, -0.2) is 0 Å². The summed E-state index contributed by atoms with van der Waals surface area (Å²) in [6.45, 7) is 15.1. The van der Waals surface area contributed by atoms with Crippen molar-refractivity contribution in [3.8, 4) is 0 Å². The van der Waals surface area contributed by atoms with Crippen LogP contribution in [0.1, 0.15) is 82.1 Å². The maximum atomic E-state index is 11.4. The lowest BCUT2D eigenvalue weighted by Crippen LogP contribution is -2.31. The molecule has 5 aromatic rings. The molecule has 9 nitrogen and oxygen atoms in total. The van der Waals surface area contributed by atoms with Crippen molar-refractivity contribution in [2.75, 3.05) is 61.4 Å². The number of pyridine rings is 2. The zero-order valence-electron chi connectivity index (χ0n) is 40.4. The molecule has 66 heavy (non-hydrogen) atoms. The fourth-order valence-electron chi connectivity index (χ4n) is 5.99. The Morgan fingerprint density at radius 2 is 0.970 bits per heavy atom. The molecule has 0 saturated heterocycles. The van der Waals surface area contributed by atoms with Crippen molar-refractivity contribution in [3.63, 3.8) is 0 Å². The van der Waals surface area contributed by atoms with Gasteiger partial charge in [0.05, 0.1) is 11.6 Å². The highest BCUT2D eigenvalue weighted by molar-refractivity contribution is 6.32. The van der Waals surface area contributed by atoms with Crippen LogP contribution in [0.25, 0.3) is 0 Å². The molecule has 0 fully saturated rings. The van der Waals surface area contributed by atoms with Gasteiger partial charge in [-0.05, 0) is 148 Å². The zero-order valence-corrected chi connectivity index (χ0v) is 44.2. The average molecular weight is 1010 g/mol. The Morgan fingerprint density at radius 1 is 0.545 bits per heavy atom. The number of aromatic nitrogens is 2. The summed E-state index contributed by atoms with van der Waals surface area (Å²) in [6, 6.07) is 22.0. The van der Waals surface area contributed by atoms with Gasteiger partial charge in [0, 0.05) is 101 Å². The second-order valence-corrected chi connectivity index (χ2v) is 17.6. The number of ether oxygens (including phenoxy) is 4. The molecule has 0 spiro atoms. The molecule has 0 bridgehead atoms. The number of halogens is 5. The molecule has 0 atom stereocenters. The lowest BCUT2D eigenvalue weighted by atomic mass is 10.1. The van der Waals surface area contributed by atoms with Gasteiger partial charge in [-0.2, -0.15) is 4.73 Å². The number of methoxy groups -OCH3 is 4. The van der Waals surface area contributed by atoms with Gasteiger partial charge in [0.1, 0.15) is 5.02 Å². The fraction of sp³-hybridized carbons (Fsp3) is 0.442. The molecule has 0 aliphatic heterocycles. The molecule has 1 N–H and O–H groups in total. The van der Waals surface area contributed by atoms with Crippen LogP contribution in [0.3, 0.4) is 0 Å². The van der Waals surface area contributed by atoms with E-state index >= 15 is 0 Å². The van der Waals surface area contributed by atoms with Gasteiger partial charge in [-0.15, -0.1) is 0 Å². The molecule has 0 aliphatic rings. The van der Waals surface area contributed by atoms with Gasteiger partial charge < -0.3 is 29.5 Å². The first kappa shape index (κ1) is 60.5. The minimum absolute atomic E-state index is 0.00989. The molecule has 2 aromatic heterocycles. The lowest BCUT2D eigenvalue weighted by Gasteiger charge is -2.06. The molecular formula is C52H70Cl5N3O6. The third-order valence-electron chi connectivity index (χ3n) is 9.80. The molecule has 14 heteroatoms. The van der Waals surface area contributed by atoms with E-state index in [1.807, 2.05) is 83.1 Å². The summed E-state index contributed by atoms with van der Waals surface area (Å²) in [5, 5.41) is 17.8. The first-order valence-electron chi connectivity index (χ1n) is 21.9. The van der Waals surface area contributed by atoms with E-state index in [-0.39, 0.29) is 5.91 Å². The maximum absolute atomic E-state index is 11.4. The van der Waals surface area contributed by atoms with E-state index in [0.717, 1.165) is 135 Å². The highest BCUT2D eigenvalue weighted by atomic mass is 35.5. The number of hydrogen-bond donors (Lipinski definition) is 1. The Hall–Kier alpha value is -3.48. The van der Waals surface area contributed by atoms with E-state index < -0.39 is 0 Å². The van der Waals surface area contributed by atoms with Crippen LogP contribution < -0.4 is 10.0 Å². The van der Waals surface area contributed by atoms with E-state index in [1.54, 1.807) is 34.6 Å². The Morgan fingerprint density at radius 3 is 1.42 bits per heavy atom. The highest BCUT2D eigenvalue weighted by Gasteiger charge is 2.09. The first-order chi connectivity index (χ1) is 31.4. The first-order valence-corrected chi connectivity index (χ1v) is 23.8. The Bertz CT molecular complexity index is 2100. The average Bonchev–Trinajstić information content (AvgIpc) is 3.28. The number of aryl methyl sites for hydroxylation is 8. The number of amides is 1. The topological polar surface area (TPSA) is 106 Å². The second-order valence-electron chi connectivity index (χ2n) is 15.6. The number of carbonyl (C=O) groups is 1. The SMILES string of the molecule is CC(=O)NCCc1ccc(Cl)c(C)c1.COCCCc1cc(C)c(Cl)c[n+]1[O-].COCCCc1cc(C)c(Cl)cn1.COCCCc1ccc(Cl)c(C)c1.COCCc1ccc(Cl)c(C)c1. The minimum atomic E-state index is 0.00989. The van der Waals surface area contributed by atoms with E-state index in [2.05, 4.69) is 28.5 Å². The van der Waals surface area contributed by atoms with E-state index in [4.69, 9.17) is 77.0 Å². The molecule has 2 heterocycles. The third-order valence-corrected chi connectivity index (χ3v) is 11.9. The van der Waals surface area contributed by atoms with Crippen LogP contribution >= 0.6 is 58.0 Å². The van der Waals surface area contributed by atoms with Crippen LogP contribution in [-0.2, 0) is 55.8 Å². The van der Waals surface area contributed by atoms with Gasteiger partial charge in [0.2, 0.25) is 5.91 Å². The van der Waals surface area contributed by atoms with Gasteiger partial charge >= 0.3 is 0 Å². The van der Waals surface area contributed by atoms with Crippen molar-refractivity contribution < 1.29 is 28.5 Å². The molecule has 0 saturated carbocycles. The summed E-state index contributed by atoms with van der Waals surface area (Å²) in [6.07, 6.45) is 10.6. The summed E-state index contributed by atoms with van der Waals surface area (Å²) in [7, 11) is 6.80. The molecule has 0 radical (unpaired) electrons. The Labute approximate surface area is 420 Å². The van der Waals surface area contributed by atoms with Crippen molar-refractivity contribution in [3.05, 3.63) is 165 Å². The van der Waals surface area contributed by atoms with Crippen LogP contribution in [0.4, 0.5) is 0 Å². The number of carbonyl (C=O) groups excluding carboxylic acids is 1. The molecular weight excluding hydrogens is 940 g/mol. The fourth-order valence-corrected chi connectivity index (χ4v) is 6.59. The molecule has 364 valence electrons. The molecule has 1 amide bonds. The summed E-state index contributed by atoms with van der Waals surface area (Å²) in [4.78, 5) is 14.8. The number of hydrogen-bond acceptors (Lipinski definition) is 7. The van der Waals surface area contributed by atoms with Crippen molar-refractivity contribution >= 4 is 63.9 Å². The predicted molar refractivity (Wildman–Crippen MR) is 276 cm³/mol. The molecule has 0 aliphatic carbocycles. The minimum Gasteiger partial charge on any atom is -0.618 e. The third kappa shape index (κ3) is 26.8. The maximum Gasteiger partial charge on any atom is 0.216 e. The van der Waals surface area contributed by atoms with Crippen molar-refractivity contribution in [1.82, 2.24) is 10.3 Å². The van der Waals surface area contributed by atoms with Gasteiger partial charge in [-0.3, -0.25) is 9.78 Å².